The topological polar surface area (TPSA) is 109 Å². The minimum Gasteiger partial charge on any atom is -0.323 e. The first-order valence-corrected chi connectivity index (χ1v) is 10.9. The van der Waals surface area contributed by atoms with Gasteiger partial charge in [-0.3, -0.25) is 14.5 Å². The lowest BCUT2D eigenvalue weighted by atomic mass is 9.89. The number of halogens is 1. The van der Waals surface area contributed by atoms with Crippen LogP contribution in [-0.4, -0.2) is 44.1 Å². The number of rotatable bonds is 5. The molecule has 33 heavy (non-hydrogen) atoms. The summed E-state index contributed by atoms with van der Waals surface area (Å²) in [6, 6.07) is 10.2. The van der Waals surface area contributed by atoms with Crippen LogP contribution in [0.15, 0.2) is 49.1 Å². The highest BCUT2D eigenvalue weighted by molar-refractivity contribution is 6.31. The largest absolute Gasteiger partial charge is 0.325 e. The van der Waals surface area contributed by atoms with E-state index in [9.17, 15) is 14.4 Å². The SMILES string of the molecule is C[C@]1(c2ccc3c(c2)CCC3)NC(=O)N(CC(=O)Nc2cc(Cl)ccc2-n2cncn2)C1=O. The van der Waals surface area contributed by atoms with Crippen molar-refractivity contribution in [1.29, 1.82) is 0 Å². The van der Waals surface area contributed by atoms with Crippen molar-refractivity contribution in [1.82, 2.24) is 25.0 Å². The van der Waals surface area contributed by atoms with E-state index in [1.165, 1.54) is 28.5 Å². The molecular weight excluding hydrogens is 444 g/mol. The Bertz CT molecular complexity index is 1280. The van der Waals surface area contributed by atoms with E-state index in [4.69, 9.17) is 11.6 Å². The van der Waals surface area contributed by atoms with E-state index in [1.807, 2.05) is 18.2 Å². The number of nitrogens with zero attached hydrogens (tertiary/aromatic N) is 4. The zero-order valence-electron chi connectivity index (χ0n) is 17.8. The first-order valence-electron chi connectivity index (χ1n) is 10.6. The fourth-order valence-corrected chi connectivity index (χ4v) is 4.57. The van der Waals surface area contributed by atoms with E-state index < -0.39 is 29.9 Å². The average molecular weight is 465 g/mol. The highest BCUT2D eigenvalue weighted by atomic mass is 35.5. The van der Waals surface area contributed by atoms with Gasteiger partial charge in [0.1, 0.15) is 24.7 Å². The predicted octanol–water partition coefficient (Wildman–Crippen LogP) is 2.82. The van der Waals surface area contributed by atoms with Gasteiger partial charge in [-0.15, -0.1) is 0 Å². The van der Waals surface area contributed by atoms with Gasteiger partial charge >= 0.3 is 6.03 Å². The minimum absolute atomic E-state index is 0.381. The number of urea groups is 1. The molecule has 4 amide bonds. The van der Waals surface area contributed by atoms with Gasteiger partial charge in [-0.25, -0.2) is 14.5 Å². The third kappa shape index (κ3) is 3.74. The van der Waals surface area contributed by atoms with Crippen LogP contribution in [0.25, 0.3) is 5.69 Å². The van der Waals surface area contributed by atoms with Gasteiger partial charge in [0.05, 0.1) is 11.4 Å². The predicted molar refractivity (Wildman–Crippen MR) is 121 cm³/mol. The number of carbonyl (C=O) groups excluding carboxylic acids is 3. The van der Waals surface area contributed by atoms with Crippen molar-refractivity contribution in [2.45, 2.75) is 31.7 Å². The minimum atomic E-state index is -1.23. The lowest BCUT2D eigenvalue weighted by molar-refractivity contribution is -0.133. The van der Waals surface area contributed by atoms with Crippen LogP contribution < -0.4 is 10.6 Å². The zero-order chi connectivity index (χ0) is 23.2. The molecule has 0 bridgehead atoms. The van der Waals surface area contributed by atoms with Crippen LogP contribution in [-0.2, 0) is 28.0 Å². The number of nitrogens with one attached hydrogen (secondary N) is 2. The molecule has 2 aliphatic rings. The highest BCUT2D eigenvalue weighted by Crippen LogP contribution is 2.32. The van der Waals surface area contributed by atoms with E-state index in [0.717, 1.165) is 24.2 Å². The number of hydrogen-bond donors (Lipinski definition) is 2. The number of amides is 4. The number of anilines is 1. The molecule has 0 unspecified atom stereocenters. The number of benzene rings is 2. The van der Waals surface area contributed by atoms with Gasteiger partial charge in [0.25, 0.3) is 5.91 Å². The molecule has 1 saturated heterocycles. The number of aryl methyl sites for hydroxylation is 2. The highest BCUT2D eigenvalue weighted by Gasteiger charge is 2.49. The molecule has 0 radical (unpaired) electrons. The molecule has 10 heteroatoms. The molecule has 1 aliphatic carbocycles. The third-order valence-corrected chi connectivity index (χ3v) is 6.39. The molecule has 1 fully saturated rings. The summed E-state index contributed by atoms with van der Waals surface area (Å²) in [6.45, 7) is 1.23. The average Bonchev–Trinajstić information content (AvgIpc) is 3.51. The van der Waals surface area contributed by atoms with Crippen LogP contribution in [0.2, 0.25) is 5.02 Å². The van der Waals surface area contributed by atoms with E-state index in [1.54, 1.807) is 25.1 Å². The maximum atomic E-state index is 13.3. The van der Waals surface area contributed by atoms with E-state index in [2.05, 4.69) is 20.7 Å². The molecule has 9 nitrogen and oxygen atoms in total. The second kappa shape index (κ2) is 8.00. The Kier molecular flexibility index (Phi) is 5.13. The molecule has 0 saturated carbocycles. The molecule has 1 atom stereocenters. The van der Waals surface area contributed by atoms with Crippen molar-refractivity contribution < 1.29 is 14.4 Å². The smallest absolute Gasteiger partial charge is 0.323 e. The summed E-state index contributed by atoms with van der Waals surface area (Å²) in [5.41, 5.74) is 2.90. The standard InChI is InChI=1S/C23H21ClN6O3/c1-23(16-6-5-14-3-2-4-15(14)9-16)21(32)29(22(33)28-23)11-20(31)27-18-10-17(24)7-8-19(18)30-13-25-12-26-30/h5-10,12-13H,2-4,11H2,1H3,(H,27,31)(H,28,33)/t23-/m1/s1. The van der Waals surface area contributed by atoms with Crippen molar-refractivity contribution >= 4 is 35.1 Å². The van der Waals surface area contributed by atoms with Crippen LogP contribution >= 0.6 is 11.6 Å². The molecule has 1 aliphatic heterocycles. The fourth-order valence-electron chi connectivity index (χ4n) is 4.39. The van der Waals surface area contributed by atoms with Crippen LogP contribution in [0.1, 0.15) is 30.0 Å². The van der Waals surface area contributed by atoms with Gasteiger partial charge in [0.2, 0.25) is 5.91 Å². The Balaban J connectivity index is 1.35. The van der Waals surface area contributed by atoms with Crippen LogP contribution in [0.5, 0.6) is 0 Å². The Hall–Kier alpha value is -3.72. The molecule has 5 rings (SSSR count). The third-order valence-electron chi connectivity index (χ3n) is 6.15. The summed E-state index contributed by atoms with van der Waals surface area (Å²) >= 11 is 6.10. The van der Waals surface area contributed by atoms with Crippen molar-refractivity contribution in [3.63, 3.8) is 0 Å². The van der Waals surface area contributed by atoms with Gasteiger partial charge < -0.3 is 10.6 Å². The lowest BCUT2D eigenvalue weighted by Crippen LogP contribution is -2.42. The number of hydrogen-bond acceptors (Lipinski definition) is 5. The Morgan fingerprint density at radius 1 is 1.18 bits per heavy atom. The Labute approximate surface area is 194 Å². The molecular formula is C23H21ClN6O3. The summed E-state index contributed by atoms with van der Waals surface area (Å²) in [6.07, 6.45) is 5.92. The van der Waals surface area contributed by atoms with Gasteiger partial charge in [0, 0.05) is 5.02 Å². The maximum absolute atomic E-state index is 13.3. The number of aromatic nitrogens is 3. The molecule has 2 aromatic carbocycles. The molecule has 1 aromatic heterocycles. The molecule has 168 valence electrons. The summed E-state index contributed by atoms with van der Waals surface area (Å²) in [5, 5.41) is 9.97. The first kappa shape index (κ1) is 21.1. The second-order valence-electron chi connectivity index (χ2n) is 8.33. The van der Waals surface area contributed by atoms with Crippen molar-refractivity contribution in [2.24, 2.45) is 0 Å². The van der Waals surface area contributed by atoms with Crippen molar-refractivity contribution in [2.75, 3.05) is 11.9 Å². The molecule has 2 N–H and O–H groups in total. The zero-order valence-corrected chi connectivity index (χ0v) is 18.6. The fraction of sp³-hybridized carbons (Fsp3) is 0.261. The number of fused-ring (bicyclic) bond motifs is 1. The summed E-state index contributed by atoms with van der Waals surface area (Å²) < 4.78 is 1.48. The van der Waals surface area contributed by atoms with Gasteiger partial charge in [0.15, 0.2) is 0 Å². The van der Waals surface area contributed by atoms with Crippen LogP contribution in [0.3, 0.4) is 0 Å². The first-order chi connectivity index (χ1) is 15.8. The van der Waals surface area contributed by atoms with Gasteiger partial charge in [-0.1, -0.05) is 29.8 Å². The number of carbonyl (C=O) groups is 3. The molecule has 0 spiro atoms. The number of imide groups is 1. The van der Waals surface area contributed by atoms with Crippen molar-refractivity contribution in [3.05, 3.63) is 70.8 Å². The van der Waals surface area contributed by atoms with Crippen LogP contribution in [0.4, 0.5) is 10.5 Å². The lowest BCUT2D eigenvalue weighted by Gasteiger charge is -2.23. The second-order valence-corrected chi connectivity index (χ2v) is 8.77. The summed E-state index contributed by atoms with van der Waals surface area (Å²) in [4.78, 5) is 43.6. The van der Waals surface area contributed by atoms with Crippen LogP contribution in [0, 0.1) is 0 Å². The maximum Gasteiger partial charge on any atom is 0.325 e. The Morgan fingerprint density at radius 3 is 2.79 bits per heavy atom. The normalized spacial score (nSPS) is 19.5. The van der Waals surface area contributed by atoms with E-state index in [-0.39, 0.29) is 0 Å². The molecule has 2 heterocycles. The monoisotopic (exact) mass is 464 g/mol. The van der Waals surface area contributed by atoms with Gasteiger partial charge in [-0.2, -0.15) is 5.10 Å². The quantitative estimate of drug-likeness (QED) is 0.564. The van der Waals surface area contributed by atoms with Gasteiger partial charge in [-0.05, 0) is 61.1 Å². The molecule has 3 aromatic rings. The van der Waals surface area contributed by atoms with E-state index >= 15 is 0 Å². The van der Waals surface area contributed by atoms with Crippen molar-refractivity contribution in [3.8, 4) is 5.69 Å². The summed E-state index contributed by atoms with van der Waals surface area (Å²) in [7, 11) is 0. The summed E-state index contributed by atoms with van der Waals surface area (Å²) in [5.74, 6) is -1.01. The van der Waals surface area contributed by atoms with E-state index in [0.29, 0.717) is 22.0 Å². The Morgan fingerprint density at radius 2 is 2.00 bits per heavy atom.